The van der Waals surface area contributed by atoms with E-state index in [2.05, 4.69) is 15.1 Å². The van der Waals surface area contributed by atoms with Gasteiger partial charge in [-0.3, -0.25) is 14.7 Å². The van der Waals surface area contributed by atoms with E-state index in [0.717, 1.165) is 4.52 Å². The van der Waals surface area contributed by atoms with E-state index in [-0.39, 0.29) is 17.8 Å². The topological polar surface area (TPSA) is 100 Å². The Morgan fingerprint density at radius 3 is 3.07 bits per heavy atom. The summed E-state index contributed by atoms with van der Waals surface area (Å²) >= 11 is 0. The van der Waals surface area contributed by atoms with E-state index in [4.69, 9.17) is 5.11 Å². The van der Waals surface area contributed by atoms with Gasteiger partial charge < -0.3 is 5.11 Å². The highest BCUT2D eigenvalue weighted by atomic mass is 16.4. The molecule has 0 aliphatic rings. The molecule has 7 heteroatoms. The summed E-state index contributed by atoms with van der Waals surface area (Å²) in [5.74, 6) is -0.840. The predicted molar refractivity (Wildman–Crippen MR) is 44.9 cm³/mol. The maximum Gasteiger partial charge on any atom is 0.308 e. The fraction of sp³-hybridized carbons (Fsp3) is 0.143. The monoisotopic (exact) mass is 194 g/mol. The van der Waals surface area contributed by atoms with Crippen molar-refractivity contribution in [3.05, 3.63) is 28.4 Å². The Hall–Kier alpha value is -2.18. The van der Waals surface area contributed by atoms with Gasteiger partial charge in [-0.2, -0.15) is 4.52 Å². The molecule has 2 aromatic heterocycles. The van der Waals surface area contributed by atoms with E-state index in [9.17, 15) is 9.59 Å². The number of H-pyrrole nitrogens is 1. The van der Waals surface area contributed by atoms with Crippen LogP contribution < -0.4 is 5.56 Å². The molecule has 0 aliphatic carbocycles. The lowest BCUT2D eigenvalue weighted by Gasteiger charge is -1.95. The lowest BCUT2D eigenvalue weighted by atomic mass is 10.2. The number of carbonyl (C=O) groups is 1. The molecular weight excluding hydrogens is 188 g/mol. The number of carboxylic acid groups (broad SMARTS) is 1. The van der Waals surface area contributed by atoms with Gasteiger partial charge in [-0.15, -0.1) is 0 Å². The van der Waals surface area contributed by atoms with Gasteiger partial charge in [0.25, 0.3) is 11.3 Å². The van der Waals surface area contributed by atoms with Gasteiger partial charge in [0.2, 0.25) is 0 Å². The van der Waals surface area contributed by atoms with Crippen LogP contribution in [0.4, 0.5) is 0 Å². The summed E-state index contributed by atoms with van der Waals surface area (Å²) in [4.78, 5) is 29.5. The average Bonchev–Trinajstić information content (AvgIpc) is 2.57. The van der Waals surface area contributed by atoms with E-state index < -0.39 is 11.5 Å². The number of aromatic amines is 1. The van der Waals surface area contributed by atoms with Crippen LogP contribution in [0.5, 0.6) is 0 Å². The lowest BCUT2D eigenvalue weighted by molar-refractivity contribution is -0.136. The average molecular weight is 194 g/mol. The first-order valence-corrected chi connectivity index (χ1v) is 3.80. The van der Waals surface area contributed by atoms with Crippen LogP contribution in [0, 0.1) is 0 Å². The van der Waals surface area contributed by atoms with Crippen molar-refractivity contribution in [1.29, 1.82) is 0 Å². The number of rotatable bonds is 2. The second-order valence-electron chi connectivity index (χ2n) is 2.68. The number of hydrogen-bond acceptors (Lipinski definition) is 4. The number of aromatic nitrogens is 4. The van der Waals surface area contributed by atoms with Crippen LogP contribution in [0.15, 0.2) is 17.3 Å². The Morgan fingerprint density at radius 1 is 1.57 bits per heavy atom. The first kappa shape index (κ1) is 8.42. The highest BCUT2D eigenvalue weighted by molar-refractivity contribution is 5.69. The maximum atomic E-state index is 11.5. The van der Waals surface area contributed by atoms with Crippen molar-refractivity contribution in [2.24, 2.45) is 0 Å². The van der Waals surface area contributed by atoms with Gasteiger partial charge in [0.1, 0.15) is 6.33 Å². The van der Waals surface area contributed by atoms with E-state index in [1.165, 1.54) is 12.5 Å². The molecule has 2 N–H and O–H groups in total. The zero-order valence-corrected chi connectivity index (χ0v) is 6.97. The third-order valence-electron chi connectivity index (χ3n) is 1.72. The predicted octanol–water partition coefficient (Wildman–Crippen LogP) is -0.955. The third-order valence-corrected chi connectivity index (χ3v) is 1.72. The zero-order valence-electron chi connectivity index (χ0n) is 6.97. The Labute approximate surface area is 77.0 Å². The molecular formula is C7H6N4O3. The highest BCUT2D eigenvalue weighted by Crippen LogP contribution is 1.93. The minimum absolute atomic E-state index is 0.124. The van der Waals surface area contributed by atoms with E-state index in [1.807, 2.05) is 0 Å². The fourth-order valence-corrected chi connectivity index (χ4v) is 1.12. The van der Waals surface area contributed by atoms with E-state index >= 15 is 0 Å². The summed E-state index contributed by atoms with van der Waals surface area (Å²) in [6.45, 7) is 0. The minimum Gasteiger partial charge on any atom is -0.481 e. The molecule has 0 aliphatic heterocycles. The van der Waals surface area contributed by atoms with Crippen LogP contribution in [0.2, 0.25) is 0 Å². The van der Waals surface area contributed by atoms with Gasteiger partial charge in [0.15, 0.2) is 0 Å². The third kappa shape index (κ3) is 1.24. The molecule has 0 atom stereocenters. The summed E-state index contributed by atoms with van der Waals surface area (Å²) in [5.41, 5.74) is -0.311. The molecule has 2 heterocycles. The molecule has 14 heavy (non-hydrogen) atoms. The number of nitrogens with zero attached hydrogens (tertiary/aromatic N) is 3. The van der Waals surface area contributed by atoms with Crippen molar-refractivity contribution in [2.45, 2.75) is 6.42 Å². The standard InChI is InChI=1S/C7H6N4O3/c12-5(13)1-4-2-8-7-9-3-10-11(7)6(4)14/h2-3H,1H2,(H,12,13)(H,8,9,10). The molecule has 7 nitrogen and oxygen atoms in total. The molecule has 0 spiro atoms. The quantitative estimate of drug-likeness (QED) is 0.641. The maximum absolute atomic E-state index is 11.5. The highest BCUT2D eigenvalue weighted by Gasteiger charge is 2.09. The molecule has 0 aromatic carbocycles. The number of hydrogen-bond donors (Lipinski definition) is 2. The van der Waals surface area contributed by atoms with Crippen molar-refractivity contribution in [1.82, 2.24) is 19.6 Å². The van der Waals surface area contributed by atoms with E-state index in [0.29, 0.717) is 0 Å². The van der Waals surface area contributed by atoms with Gasteiger partial charge in [-0.25, -0.2) is 9.97 Å². The molecule has 0 unspecified atom stereocenters. The van der Waals surface area contributed by atoms with Crippen LogP contribution >= 0.6 is 0 Å². The smallest absolute Gasteiger partial charge is 0.308 e. The van der Waals surface area contributed by atoms with Gasteiger partial charge in [0.05, 0.1) is 6.42 Å². The molecule has 0 amide bonds. The molecule has 0 fully saturated rings. The van der Waals surface area contributed by atoms with Gasteiger partial charge in [-0.05, 0) is 0 Å². The van der Waals surface area contributed by atoms with Crippen molar-refractivity contribution in [3.8, 4) is 0 Å². The molecule has 2 aromatic rings. The Kier molecular flexibility index (Phi) is 1.77. The molecule has 72 valence electrons. The first-order chi connectivity index (χ1) is 6.68. The fourth-order valence-electron chi connectivity index (χ4n) is 1.12. The summed E-state index contributed by atoms with van der Waals surface area (Å²) < 4.78 is 1.10. The zero-order chi connectivity index (χ0) is 10.1. The normalized spacial score (nSPS) is 10.6. The largest absolute Gasteiger partial charge is 0.481 e. The van der Waals surface area contributed by atoms with Crippen molar-refractivity contribution in [3.63, 3.8) is 0 Å². The molecule has 0 saturated heterocycles. The Bertz CT molecular complexity index is 541. The minimum atomic E-state index is -1.07. The van der Waals surface area contributed by atoms with Gasteiger partial charge in [-0.1, -0.05) is 0 Å². The summed E-state index contributed by atoms with van der Waals surface area (Å²) in [6.07, 6.45) is 2.20. The van der Waals surface area contributed by atoms with Crippen molar-refractivity contribution in [2.75, 3.05) is 0 Å². The number of nitrogens with one attached hydrogen (secondary N) is 1. The van der Waals surface area contributed by atoms with Crippen LogP contribution in [0.1, 0.15) is 5.56 Å². The molecule has 0 bridgehead atoms. The number of fused-ring (bicyclic) bond motifs is 1. The van der Waals surface area contributed by atoms with Gasteiger partial charge in [0, 0.05) is 11.8 Å². The summed E-state index contributed by atoms with van der Waals surface area (Å²) in [5, 5.41) is 11.1. The van der Waals surface area contributed by atoms with Crippen LogP contribution in [0.25, 0.3) is 5.78 Å². The summed E-state index contributed by atoms with van der Waals surface area (Å²) in [6, 6.07) is 0. The second kappa shape index (κ2) is 2.95. The lowest BCUT2D eigenvalue weighted by Crippen LogP contribution is -2.21. The van der Waals surface area contributed by atoms with Gasteiger partial charge >= 0.3 is 5.97 Å². The van der Waals surface area contributed by atoms with Crippen molar-refractivity contribution >= 4 is 11.7 Å². The number of aliphatic carboxylic acids is 1. The van der Waals surface area contributed by atoms with Crippen LogP contribution in [-0.2, 0) is 11.2 Å². The SMILES string of the molecule is O=C(O)Cc1cnc2nc[nH]n2c1=O. The van der Waals surface area contributed by atoms with E-state index in [1.54, 1.807) is 0 Å². The van der Waals surface area contributed by atoms with Crippen molar-refractivity contribution < 1.29 is 9.90 Å². The number of carboxylic acids is 1. The molecule has 0 radical (unpaired) electrons. The first-order valence-electron chi connectivity index (χ1n) is 3.80. The second-order valence-corrected chi connectivity index (χ2v) is 2.68. The Morgan fingerprint density at radius 2 is 2.36 bits per heavy atom. The Balaban J connectivity index is 2.62. The molecule has 0 saturated carbocycles. The van der Waals surface area contributed by atoms with Crippen LogP contribution in [-0.4, -0.2) is 30.7 Å². The van der Waals surface area contributed by atoms with Crippen LogP contribution in [0.3, 0.4) is 0 Å². The summed E-state index contributed by atoms with van der Waals surface area (Å²) in [7, 11) is 0. The molecule has 2 rings (SSSR count).